The predicted octanol–water partition coefficient (Wildman–Crippen LogP) is 2.60. The topological polar surface area (TPSA) is 41.4 Å². The van der Waals surface area contributed by atoms with Crippen molar-refractivity contribution < 1.29 is 4.79 Å². The molecule has 1 saturated heterocycles. The lowest BCUT2D eigenvalue weighted by Gasteiger charge is -2.36. The van der Waals surface area contributed by atoms with Crippen molar-refractivity contribution in [3.05, 3.63) is 17.2 Å². The number of aryl methyl sites for hydroxylation is 1. The zero-order chi connectivity index (χ0) is 16.3. The van der Waals surface area contributed by atoms with E-state index in [9.17, 15) is 4.79 Å². The molecule has 1 aromatic heterocycles. The maximum Gasteiger partial charge on any atom is 0.223 e. The van der Waals surface area contributed by atoms with Crippen molar-refractivity contribution in [3.63, 3.8) is 0 Å². The van der Waals surface area contributed by atoms with E-state index in [0.717, 1.165) is 25.3 Å². The van der Waals surface area contributed by atoms with Gasteiger partial charge < -0.3 is 14.4 Å². The van der Waals surface area contributed by atoms with E-state index in [1.165, 1.54) is 6.42 Å². The van der Waals surface area contributed by atoms with Crippen molar-refractivity contribution in [2.45, 2.75) is 51.6 Å². The van der Waals surface area contributed by atoms with Gasteiger partial charge >= 0.3 is 0 Å². The number of aromatic nitrogens is 2. The largest absolute Gasteiger partial charge is 0.341 e. The third-order valence-electron chi connectivity index (χ3n) is 4.39. The van der Waals surface area contributed by atoms with Crippen LogP contribution in [0.15, 0.2) is 6.20 Å². The van der Waals surface area contributed by atoms with Gasteiger partial charge in [-0.1, -0.05) is 11.6 Å². The molecule has 1 aromatic rings. The van der Waals surface area contributed by atoms with Gasteiger partial charge in [0.05, 0.1) is 6.20 Å². The van der Waals surface area contributed by atoms with Crippen LogP contribution in [0.4, 0.5) is 0 Å². The Balaban J connectivity index is 1.93. The average molecular weight is 327 g/mol. The molecule has 6 heteroatoms. The summed E-state index contributed by atoms with van der Waals surface area (Å²) in [5.74, 6) is 1.12. The van der Waals surface area contributed by atoms with Gasteiger partial charge in [0.15, 0.2) is 0 Å². The summed E-state index contributed by atoms with van der Waals surface area (Å²) >= 11 is 6.16. The van der Waals surface area contributed by atoms with Crippen LogP contribution in [0.5, 0.6) is 0 Å². The number of imidazole rings is 1. The van der Waals surface area contributed by atoms with E-state index in [2.05, 4.69) is 37.8 Å². The van der Waals surface area contributed by atoms with Crippen LogP contribution in [0.25, 0.3) is 0 Å². The molecule has 2 rings (SSSR count). The Bertz CT molecular complexity index is 512. The lowest BCUT2D eigenvalue weighted by atomic mass is 10.0. The van der Waals surface area contributed by atoms with Gasteiger partial charge in [0, 0.05) is 38.0 Å². The number of carbonyl (C=O) groups is 1. The molecule has 0 saturated carbocycles. The third-order valence-corrected chi connectivity index (χ3v) is 4.67. The number of amides is 1. The molecule has 0 N–H and O–H groups in total. The van der Waals surface area contributed by atoms with E-state index >= 15 is 0 Å². The van der Waals surface area contributed by atoms with Gasteiger partial charge in [-0.3, -0.25) is 4.79 Å². The molecule has 1 atom stereocenters. The third kappa shape index (κ3) is 4.02. The van der Waals surface area contributed by atoms with Crippen LogP contribution in [0, 0.1) is 0 Å². The lowest BCUT2D eigenvalue weighted by Crippen LogP contribution is -2.47. The fraction of sp³-hybridized carbons (Fsp3) is 0.750. The fourth-order valence-corrected chi connectivity index (χ4v) is 3.43. The van der Waals surface area contributed by atoms with Gasteiger partial charge in [-0.2, -0.15) is 0 Å². The zero-order valence-corrected chi connectivity index (χ0v) is 14.8. The molecule has 0 spiro atoms. The molecule has 2 heterocycles. The number of nitrogens with zero attached hydrogens (tertiary/aromatic N) is 4. The molecule has 0 aliphatic carbocycles. The van der Waals surface area contributed by atoms with E-state index in [1.807, 2.05) is 9.47 Å². The van der Waals surface area contributed by atoms with E-state index in [-0.39, 0.29) is 11.9 Å². The Kier molecular flexibility index (Phi) is 5.87. The molecule has 1 aliphatic heterocycles. The Morgan fingerprint density at radius 1 is 1.50 bits per heavy atom. The Hall–Kier alpha value is -1.07. The number of hydrogen-bond acceptors (Lipinski definition) is 3. The standard InChI is InChI=1S/C16H27ClN4O/c1-12(2)21-14(17)10-18-15(21)7-8-16(22)20-9-5-6-13(11-20)19(3)4/h10,12-13H,5-9,11H2,1-4H3/t13-/m0/s1. The second-order valence-electron chi connectivity index (χ2n) is 6.56. The van der Waals surface area contributed by atoms with Crippen LogP contribution < -0.4 is 0 Å². The summed E-state index contributed by atoms with van der Waals surface area (Å²) in [4.78, 5) is 21.0. The summed E-state index contributed by atoms with van der Waals surface area (Å²) in [5.41, 5.74) is 0. The number of likely N-dealkylation sites (N-methyl/N-ethyl adjacent to an activating group) is 1. The Morgan fingerprint density at radius 3 is 2.86 bits per heavy atom. The normalized spacial score (nSPS) is 19.2. The van der Waals surface area contributed by atoms with Crippen LogP contribution in [0.1, 0.15) is 45.0 Å². The highest BCUT2D eigenvalue weighted by atomic mass is 35.5. The van der Waals surface area contributed by atoms with Gasteiger partial charge in [0.1, 0.15) is 11.0 Å². The van der Waals surface area contributed by atoms with Crippen LogP contribution in [0.3, 0.4) is 0 Å². The molecule has 22 heavy (non-hydrogen) atoms. The quantitative estimate of drug-likeness (QED) is 0.835. The first-order valence-electron chi connectivity index (χ1n) is 8.06. The molecule has 1 aliphatic rings. The van der Waals surface area contributed by atoms with Gasteiger partial charge in [0.25, 0.3) is 0 Å². The molecule has 1 fully saturated rings. The average Bonchev–Trinajstić information content (AvgIpc) is 2.86. The smallest absolute Gasteiger partial charge is 0.223 e. The van der Waals surface area contributed by atoms with Gasteiger partial charge in [-0.15, -0.1) is 0 Å². The highest BCUT2D eigenvalue weighted by Gasteiger charge is 2.25. The summed E-state index contributed by atoms with van der Waals surface area (Å²) in [6.07, 6.45) is 5.07. The second-order valence-corrected chi connectivity index (χ2v) is 6.95. The highest BCUT2D eigenvalue weighted by molar-refractivity contribution is 6.29. The second kappa shape index (κ2) is 7.47. The minimum atomic E-state index is 0.223. The number of hydrogen-bond donors (Lipinski definition) is 0. The highest BCUT2D eigenvalue weighted by Crippen LogP contribution is 2.20. The lowest BCUT2D eigenvalue weighted by molar-refractivity contribution is -0.133. The molecular formula is C16H27ClN4O. The van der Waals surface area contributed by atoms with Crippen molar-refractivity contribution in [2.75, 3.05) is 27.2 Å². The SMILES string of the molecule is CC(C)n1c(Cl)cnc1CCC(=O)N1CCC[C@H](N(C)C)C1. The number of piperidine rings is 1. The van der Waals surface area contributed by atoms with Gasteiger partial charge in [-0.05, 0) is 40.8 Å². The van der Waals surface area contributed by atoms with Crippen molar-refractivity contribution in [1.29, 1.82) is 0 Å². The van der Waals surface area contributed by atoms with E-state index < -0.39 is 0 Å². The maximum absolute atomic E-state index is 12.5. The van der Waals surface area contributed by atoms with Crippen molar-refractivity contribution in [1.82, 2.24) is 19.4 Å². The van der Waals surface area contributed by atoms with Gasteiger partial charge in [0.2, 0.25) is 5.91 Å². The molecule has 124 valence electrons. The number of carbonyl (C=O) groups excluding carboxylic acids is 1. The Labute approximate surface area is 138 Å². The molecule has 5 nitrogen and oxygen atoms in total. The minimum Gasteiger partial charge on any atom is -0.341 e. The van der Waals surface area contributed by atoms with Gasteiger partial charge in [-0.25, -0.2) is 4.98 Å². The minimum absolute atomic E-state index is 0.223. The summed E-state index contributed by atoms with van der Waals surface area (Å²) in [6.45, 7) is 5.87. The zero-order valence-electron chi connectivity index (χ0n) is 14.0. The predicted molar refractivity (Wildman–Crippen MR) is 89.2 cm³/mol. The number of halogens is 1. The van der Waals surface area contributed by atoms with E-state index in [0.29, 0.717) is 24.0 Å². The van der Waals surface area contributed by atoms with Crippen molar-refractivity contribution in [2.24, 2.45) is 0 Å². The first-order chi connectivity index (χ1) is 10.4. The summed E-state index contributed by atoms with van der Waals surface area (Å²) in [5, 5.41) is 0.642. The van der Waals surface area contributed by atoms with Crippen molar-refractivity contribution >= 4 is 17.5 Å². The fourth-order valence-electron chi connectivity index (χ4n) is 3.08. The van der Waals surface area contributed by atoms with Crippen LogP contribution in [-0.4, -0.2) is 58.5 Å². The molecule has 0 aromatic carbocycles. The molecule has 1 amide bonds. The maximum atomic E-state index is 12.5. The monoisotopic (exact) mass is 326 g/mol. The van der Waals surface area contributed by atoms with Crippen LogP contribution >= 0.6 is 11.6 Å². The van der Waals surface area contributed by atoms with Crippen LogP contribution in [-0.2, 0) is 11.2 Å². The number of rotatable bonds is 5. The molecule has 0 unspecified atom stereocenters. The van der Waals surface area contributed by atoms with E-state index in [4.69, 9.17) is 11.6 Å². The molecule has 0 bridgehead atoms. The summed E-state index contributed by atoms with van der Waals surface area (Å²) in [6, 6.07) is 0.734. The summed E-state index contributed by atoms with van der Waals surface area (Å²) in [7, 11) is 4.17. The number of likely N-dealkylation sites (tertiary alicyclic amines) is 1. The molecule has 0 radical (unpaired) electrons. The van der Waals surface area contributed by atoms with E-state index in [1.54, 1.807) is 6.20 Å². The van der Waals surface area contributed by atoms with Crippen molar-refractivity contribution in [3.8, 4) is 0 Å². The Morgan fingerprint density at radius 2 is 2.23 bits per heavy atom. The first-order valence-corrected chi connectivity index (χ1v) is 8.43. The van der Waals surface area contributed by atoms with Crippen LogP contribution in [0.2, 0.25) is 5.15 Å². The molecular weight excluding hydrogens is 300 g/mol. The first kappa shape index (κ1) is 17.3. The summed E-state index contributed by atoms with van der Waals surface area (Å²) < 4.78 is 1.99.